The average molecular weight is 219 g/mol. The lowest BCUT2D eigenvalue weighted by Gasteiger charge is -2.31. The van der Waals surface area contributed by atoms with Crippen molar-refractivity contribution in [2.45, 2.75) is 51.0 Å². The van der Waals surface area contributed by atoms with E-state index in [0.29, 0.717) is 6.04 Å². The molecule has 1 aromatic rings. The standard InChI is InChI=1S/C13H21N3/c1-10-9-15-13(11-3-2-4-11)16(10)12-5-7-14-8-6-12/h9,11-12,14H,2-8H2,1H3. The summed E-state index contributed by atoms with van der Waals surface area (Å²) in [6.07, 6.45) is 8.68. The highest BCUT2D eigenvalue weighted by Gasteiger charge is 2.28. The van der Waals surface area contributed by atoms with Crippen LogP contribution in [-0.4, -0.2) is 22.6 Å². The van der Waals surface area contributed by atoms with Crippen molar-refractivity contribution in [2.24, 2.45) is 0 Å². The van der Waals surface area contributed by atoms with E-state index in [1.54, 1.807) is 0 Å². The van der Waals surface area contributed by atoms with E-state index in [9.17, 15) is 0 Å². The number of imidazole rings is 1. The number of hydrogen-bond donors (Lipinski definition) is 1. The van der Waals surface area contributed by atoms with Crippen molar-refractivity contribution in [1.82, 2.24) is 14.9 Å². The minimum absolute atomic E-state index is 0.694. The van der Waals surface area contributed by atoms with Crippen LogP contribution < -0.4 is 5.32 Å². The smallest absolute Gasteiger partial charge is 0.112 e. The Balaban J connectivity index is 1.88. The Kier molecular flexibility index (Phi) is 2.72. The Morgan fingerprint density at radius 1 is 1.25 bits per heavy atom. The summed E-state index contributed by atoms with van der Waals surface area (Å²) in [5.74, 6) is 2.12. The molecule has 0 spiro atoms. The first kappa shape index (κ1) is 10.3. The molecule has 16 heavy (non-hydrogen) atoms. The van der Waals surface area contributed by atoms with Crippen LogP contribution in [0.15, 0.2) is 6.20 Å². The van der Waals surface area contributed by atoms with E-state index in [2.05, 4.69) is 28.0 Å². The van der Waals surface area contributed by atoms with Crippen molar-refractivity contribution in [3.63, 3.8) is 0 Å². The van der Waals surface area contributed by atoms with E-state index in [1.807, 2.05) is 0 Å². The Hall–Kier alpha value is -0.830. The van der Waals surface area contributed by atoms with Crippen molar-refractivity contribution in [3.8, 4) is 0 Å². The topological polar surface area (TPSA) is 29.9 Å². The van der Waals surface area contributed by atoms with Gasteiger partial charge in [0.1, 0.15) is 5.82 Å². The number of nitrogens with one attached hydrogen (secondary N) is 1. The maximum Gasteiger partial charge on any atom is 0.112 e. The summed E-state index contributed by atoms with van der Waals surface area (Å²) in [5, 5.41) is 3.44. The number of aromatic nitrogens is 2. The van der Waals surface area contributed by atoms with Crippen molar-refractivity contribution < 1.29 is 0 Å². The van der Waals surface area contributed by atoms with Crippen LogP contribution in [0.1, 0.15) is 55.6 Å². The number of rotatable bonds is 2. The van der Waals surface area contributed by atoms with E-state index in [0.717, 1.165) is 19.0 Å². The summed E-state index contributed by atoms with van der Waals surface area (Å²) in [6.45, 7) is 4.52. The molecule has 1 N–H and O–H groups in total. The van der Waals surface area contributed by atoms with Gasteiger partial charge in [-0.3, -0.25) is 0 Å². The Bertz CT molecular complexity index is 359. The Morgan fingerprint density at radius 3 is 2.62 bits per heavy atom. The molecule has 0 bridgehead atoms. The largest absolute Gasteiger partial charge is 0.329 e. The second-order valence-electron chi connectivity index (χ2n) is 5.24. The van der Waals surface area contributed by atoms with Gasteiger partial charge in [0, 0.05) is 23.9 Å². The molecule has 2 heterocycles. The van der Waals surface area contributed by atoms with Crippen molar-refractivity contribution in [2.75, 3.05) is 13.1 Å². The van der Waals surface area contributed by atoms with E-state index in [-0.39, 0.29) is 0 Å². The van der Waals surface area contributed by atoms with E-state index in [4.69, 9.17) is 0 Å². The summed E-state index contributed by atoms with van der Waals surface area (Å²) in [4.78, 5) is 4.66. The maximum absolute atomic E-state index is 4.66. The van der Waals surface area contributed by atoms with Gasteiger partial charge in [-0.2, -0.15) is 0 Å². The molecule has 2 aliphatic rings. The zero-order valence-corrected chi connectivity index (χ0v) is 10.1. The van der Waals surface area contributed by atoms with Crippen molar-refractivity contribution in [3.05, 3.63) is 17.7 Å². The zero-order valence-electron chi connectivity index (χ0n) is 10.1. The number of nitrogens with zero attached hydrogens (tertiary/aromatic N) is 2. The molecule has 1 aromatic heterocycles. The maximum atomic E-state index is 4.66. The predicted molar refractivity (Wildman–Crippen MR) is 64.7 cm³/mol. The molecule has 3 heteroatoms. The van der Waals surface area contributed by atoms with Gasteiger partial charge < -0.3 is 9.88 Å². The third-order valence-electron chi connectivity index (χ3n) is 4.15. The zero-order chi connectivity index (χ0) is 11.0. The third-order valence-corrected chi connectivity index (χ3v) is 4.15. The molecule has 0 amide bonds. The normalized spacial score (nSPS) is 23.3. The molecule has 3 nitrogen and oxygen atoms in total. The molecule has 1 saturated heterocycles. The van der Waals surface area contributed by atoms with Gasteiger partial charge in [-0.1, -0.05) is 6.42 Å². The highest BCUT2D eigenvalue weighted by Crippen LogP contribution is 2.38. The number of aryl methyl sites for hydroxylation is 1. The van der Waals surface area contributed by atoms with Gasteiger partial charge in [0.15, 0.2) is 0 Å². The quantitative estimate of drug-likeness (QED) is 0.827. The van der Waals surface area contributed by atoms with Crippen LogP contribution >= 0.6 is 0 Å². The van der Waals surface area contributed by atoms with Gasteiger partial charge in [0.05, 0.1) is 0 Å². The fourth-order valence-corrected chi connectivity index (χ4v) is 2.97. The molecule has 0 atom stereocenters. The molecule has 88 valence electrons. The van der Waals surface area contributed by atoms with Gasteiger partial charge in [0.25, 0.3) is 0 Å². The highest BCUT2D eigenvalue weighted by molar-refractivity contribution is 5.12. The van der Waals surface area contributed by atoms with Gasteiger partial charge in [-0.15, -0.1) is 0 Å². The number of hydrogen-bond acceptors (Lipinski definition) is 2. The molecule has 1 aliphatic carbocycles. The van der Waals surface area contributed by atoms with Crippen LogP contribution in [-0.2, 0) is 0 Å². The van der Waals surface area contributed by atoms with Crippen LogP contribution in [0.3, 0.4) is 0 Å². The molecular formula is C13H21N3. The molecule has 3 rings (SSSR count). The Morgan fingerprint density at radius 2 is 2.00 bits per heavy atom. The van der Waals surface area contributed by atoms with Crippen molar-refractivity contribution in [1.29, 1.82) is 0 Å². The summed E-state index contributed by atoms with van der Waals surface area (Å²) in [6, 6.07) is 0.694. The average Bonchev–Trinajstić information content (AvgIpc) is 2.59. The van der Waals surface area contributed by atoms with Crippen molar-refractivity contribution >= 4 is 0 Å². The molecule has 1 saturated carbocycles. The minimum atomic E-state index is 0.694. The monoisotopic (exact) mass is 219 g/mol. The lowest BCUT2D eigenvalue weighted by Crippen LogP contribution is -2.31. The van der Waals surface area contributed by atoms with Crippen LogP contribution in [0.2, 0.25) is 0 Å². The second-order valence-corrected chi connectivity index (χ2v) is 5.24. The molecule has 0 unspecified atom stereocenters. The van der Waals surface area contributed by atoms with Crippen LogP contribution in [0, 0.1) is 6.92 Å². The Labute approximate surface area is 97.3 Å². The summed E-state index contributed by atoms with van der Waals surface area (Å²) >= 11 is 0. The van der Waals surface area contributed by atoms with Crippen LogP contribution in [0.25, 0.3) is 0 Å². The molecule has 1 aliphatic heterocycles. The van der Waals surface area contributed by atoms with Gasteiger partial charge in [0.2, 0.25) is 0 Å². The van der Waals surface area contributed by atoms with Gasteiger partial charge in [-0.25, -0.2) is 4.98 Å². The fraction of sp³-hybridized carbons (Fsp3) is 0.769. The summed E-state index contributed by atoms with van der Waals surface area (Å²) in [7, 11) is 0. The first-order valence-corrected chi connectivity index (χ1v) is 6.60. The minimum Gasteiger partial charge on any atom is -0.329 e. The third kappa shape index (κ3) is 1.67. The first-order valence-electron chi connectivity index (χ1n) is 6.60. The highest BCUT2D eigenvalue weighted by atomic mass is 15.1. The summed E-state index contributed by atoms with van der Waals surface area (Å²) < 4.78 is 2.53. The molecule has 2 fully saturated rings. The lowest BCUT2D eigenvalue weighted by molar-refractivity contribution is 0.323. The molecular weight excluding hydrogens is 198 g/mol. The molecule has 0 aromatic carbocycles. The van der Waals surface area contributed by atoms with Crippen LogP contribution in [0.4, 0.5) is 0 Å². The predicted octanol–water partition coefficient (Wildman–Crippen LogP) is 2.38. The van der Waals surface area contributed by atoms with E-state index in [1.165, 1.54) is 43.6 Å². The van der Waals surface area contributed by atoms with Crippen LogP contribution in [0.5, 0.6) is 0 Å². The fourth-order valence-electron chi connectivity index (χ4n) is 2.97. The van der Waals surface area contributed by atoms with E-state index >= 15 is 0 Å². The SMILES string of the molecule is Cc1cnc(C2CCC2)n1C1CCNCC1. The number of piperidine rings is 1. The second kappa shape index (κ2) is 4.21. The summed E-state index contributed by atoms with van der Waals surface area (Å²) in [5.41, 5.74) is 1.36. The van der Waals surface area contributed by atoms with E-state index < -0.39 is 0 Å². The first-order chi connectivity index (χ1) is 7.86. The van der Waals surface area contributed by atoms with Gasteiger partial charge in [-0.05, 0) is 45.7 Å². The van der Waals surface area contributed by atoms with Gasteiger partial charge >= 0.3 is 0 Å². The molecule has 0 radical (unpaired) electrons. The lowest BCUT2D eigenvalue weighted by atomic mass is 9.84.